The van der Waals surface area contributed by atoms with Crippen LogP contribution in [0.1, 0.15) is 157 Å². The zero-order valence-corrected chi connectivity index (χ0v) is 53.6. The summed E-state index contributed by atoms with van der Waals surface area (Å²) in [6, 6.07) is 85.6. The maximum Gasteiger partial charge on any atom is 0.297 e. The van der Waals surface area contributed by atoms with Crippen LogP contribution in [0.25, 0.3) is 33.2 Å². The molecule has 4 aliphatic rings. The fourth-order valence-electron chi connectivity index (χ4n) is 16.1. The van der Waals surface area contributed by atoms with Crippen molar-refractivity contribution in [3.05, 3.63) is 280 Å². The number of fused-ring (bicyclic) bond motifs is 8. The molecule has 3 heterocycles. The SMILES string of the molecule is Cc1cc2c3c(c1)N(c1ccc(C(C)(C)C)cc1)c1c(oc4cc5c(cc14)C(C)(C)CCC5(C)C)B3c1cc3c(cc1N2c1ccc(-c2ccc(C(c4ccccc4)(c4ccccc4)c4ccccc4)cc2)cc1-c1ccccc1)C(C)(C)CCC3(C)C. The monoisotopic (exact) mass is 1140 g/mol. The highest BCUT2D eigenvalue weighted by Gasteiger charge is 2.50. The zero-order chi connectivity index (χ0) is 60.9. The van der Waals surface area contributed by atoms with E-state index in [2.05, 4.69) is 317 Å². The van der Waals surface area contributed by atoms with Crippen molar-refractivity contribution in [1.29, 1.82) is 0 Å². The maximum atomic E-state index is 7.76. The van der Waals surface area contributed by atoms with Gasteiger partial charge in [0.1, 0.15) is 5.58 Å². The highest BCUT2D eigenvalue weighted by Crippen LogP contribution is 2.55. The van der Waals surface area contributed by atoms with E-state index < -0.39 is 5.41 Å². The van der Waals surface area contributed by atoms with E-state index in [-0.39, 0.29) is 33.8 Å². The van der Waals surface area contributed by atoms with Crippen LogP contribution in [0.15, 0.2) is 229 Å². The van der Waals surface area contributed by atoms with Crippen molar-refractivity contribution in [1.82, 2.24) is 0 Å². The van der Waals surface area contributed by atoms with Crippen LogP contribution in [-0.2, 0) is 32.5 Å². The number of hydrogen-bond acceptors (Lipinski definition) is 3. The van der Waals surface area contributed by atoms with Crippen LogP contribution in [0, 0.1) is 6.92 Å². The molecule has 88 heavy (non-hydrogen) atoms. The molecule has 11 aromatic rings. The predicted molar refractivity (Wildman–Crippen MR) is 373 cm³/mol. The molecule has 4 heteroatoms. The lowest BCUT2D eigenvalue weighted by molar-refractivity contribution is 0.332. The summed E-state index contributed by atoms with van der Waals surface area (Å²) < 4.78 is 7.76. The average molecular weight is 1150 g/mol. The van der Waals surface area contributed by atoms with Gasteiger partial charge in [0, 0.05) is 33.7 Å². The van der Waals surface area contributed by atoms with Gasteiger partial charge in [0.05, 0.1) is 22.4 Å². The molecule has 3 nitrogen and oxygen atoms in total. The van der Waals surface area contributed by atoms with Gasteiger partial charge >= 0.3 is 0 Å². The van der Waals surface area contributed by atoms with Gasteiger partial charge in [-0.1, -0.05) is 246 Å². The quantitative estimate of drug-likeness (QED) is 0.112. The highest BCUT2D eigenvalue weighted by molar-refractivity contribution is 7.00. The summed E-state index contributed by atoms with van der Waals surface area (Å²) in [4.78, 5) is 5.25. The predicted octanol–water partition coefficient (Wildman–Crippen LogP) is 20.5. The fraction of sp³-hybridized carbons (Fsp3) is 0.262. The molecular weight excluding hydrogens is 1060 g/mol. The minimum atomic E-state index is -0.543. The second-order valence-electron chi connectivity index (χ2n) is 29.8. The van der Waals surface area contributed by atoms with Crippen molar-refractivity contribution in [2.45, 2.75) is 141 Å². The molecule has 0 N–H and O–H groups in total. The van der Waals surface area contributed by atoms with Gasteiger partial charge < -0.3 is 14.2 Å². The third-order valence-corrected chi connectivity index (χ3v) is 21.3. The van der Waals surface area contributed by atoms with Crippen molar-refractivity contribution in [3.8, 4) is 22.3 Å². The molecule has 0 spiro atoms. The molecule has 2 aliphatic heterocycles. The van der Waals surface area contributed by atoms with Crippen LogP contribution in [0.2, 0.25) is 0 Å². The van der Waals surface area contributed by atoms with Crippen LogP contribution in [0.5, 0.6) is 0 Å². The first-order valence-corrected chi connectivity index (χ1v) is 32.3. The number of nitrogens with zero attached hydrogens (tertiary/aromatic N) is 2. The number of benzene rings is 10. The molecule has 0 unspecified atom stereocenters. The van der Waals surface area contributed by atoms with Gasteiger partial charge in [-0.25, -0.2) is 0 Å². The van der Waals surface area contributed by atoms with Gasteiger partial charge in [0.25, 0.3) is 6.71 Å². The van der Waals surface area contributed by atoms with Gasteiger partial charge in [0.2, 0.25) is 0 Å². The topological polar surface area (TPSA) is 19.6 Å². The van der Waals surface area contributed by atoms with E-state index in [1.807, 2.05) is 0 Å². The first-order chi connectivity index (χ1) is 42.1. The lowest BCUT2D eigenvalue weighted by atomic mass is 9.35. The summed E-state index contributed by atoms with van der Waals surface area (Å²) in [5.74, 6) is 0. The van der Waals surface area contributed by atoms with Gasteiger partial charge in [-0.05, 0) is 198 Å². The summed E-state index contributed by atoms with van der Waals surface area (Å²) in [6.07, 6.45) is 4.52. The third kappa shape index (κ3) is 8.66. The Balaban J connectivity index is 0.981. The summed E-state index contributed by atoms with van der Waals surface area (Å²) in [5.41, 5.74) is 29.0. The van der Waals surface area contributed by atoms with Crippen molar-refractivity contribution in [2.24, 2.45) is 0 Å². The highest BCUT2D eigenvalue weighted by atomic mass is 16.3. The smallest absolute Gasteiger partial charge is 0.297 e. The molecule has 0 amide bonds. The van der Waals surface area contributed by atoms with E-state index in [0.29, 0.717) is 0 Å². The molecule has 0 fully saturated rings. The Hall–Kier alpha value is -8.60. The molecule has 1 aromatic heterocycles. The molecule has 15 rings (SSSR count). The first kappa shape index (κ1) is 55.9. The Morgan fingerprint density at radius 1 is 0.398 bits per heavy atom. The second kappa shape index (κ2) is 20.0. The Morgan fingerprint density at radius 3 is 1.39 bits per heavy atom. The van der Waals surface area contributed by atoms with E-state index in [0.717, 1.165) is 48.3 Å². The number of furan rings is 1. The Morgan fingerprint density at radius 2 is 0.852 bits per heavy atom. The first-order valence-electron chi connectivity index (χ1n) is 32.3. The summed E-state index contributed by atoms with van der Waals surface area (Å²) in [5, 5.41) is 1.19. The molecule has 436 valence electrons. The number of rotatable bonds is 8. The van der Waals surface area contributed by atoms with Crippen LogP contribution in [0.3, 0.4) is 0 Å². The minimum absolute atomic E-state index is 0.000868. The summed E-state index contributed by atoms with van der Waals surface area (Å²) in [6.45, 7) is 28.7. The van der Waals surface area contributed by atoms with E-state index in [9.17, 15) is 0 Å². The molecular formula is C84H81BN2O. The van der Waals surface area contributed by atoms with Gasteiger partial charge in [-0.2, -0.15) is 0 Å². The van der Waals surface area contributed by atoms with Crippen molar-refractivity contribution in [2.75, 3.05) is 9.80 Å². The molecule has 0 atom stereocenters. The van der Waals surface area contributed by atoms with Crippen LogP contribution >= 0.6 is 0 Å². The molecule has 0 saturated heterocycles. The third-order valence-electron chi connectivity index (χ3n) is 21.3. The Kier molecular flexibility index (Phi) is 12.7. The van der Waals surface area contributed by atoms with Gasteiger partial charge in [-0.3, -0.25) is 0 Å². The van der Waals surface area contributed by atoms with Gasteiger partial charge in [0.15, 0.2) is 0 Å². The second-order valence-corrected chi connectivity index (χ2v) is 29.8. The zero-order valence-electron chi connectivity index (χ0n) is 53.6. The molecule has 10 aromatic carbocycles. The normalized spacial score (nSPS) is 16.8. The summed E-state index contributed by atoms with van der Waals surface area (Å²) in [7, 11) is 0. The molecule has 0 radical (unpaired) electrons. The maximum absolute atomic E-state index is 7.76. The average Bonchev–Trinajstić information content (AvgIpc) is 1.70. The Bertz CT molecular complexity index is 4430. The summed E-state index contributed by atoms with van der Waals surface area (Å²) >= 11 is 0. The fourth-order valence-corrected chi connectivity index (χ4v) is 16.1. The van der Waals surface area contributed by atoms with Crippen molar-refractivity contribution >= 4 is 68.4 Å². The standard InChI is InChI=1S/C84H81BN2O/c1-54-47-73-76-74(48-54)87(71-42-35-57(49-64(71)56-25-17-13-18-26-56)55-33-36-62(37-34-55)84(59-27-19-14-20-28-59,60-29-21-15-22-30-60)61-31-23-16-24-32-61)72-52-68-67(81(7,8)44-45-82(68,9)10)51-70(72)85(76)78-77(86(73)63-40-38-58(39-41-63)79(2,3)4)65-50-66-69(53-75(65)88-78)83(11,12)46-43-80(66,5)6/h13-42,47-53H,43-46H2,1-12H3. The van der Waals surface area contributed by atoms with E-state index in [4.69, 9.17) is 4.42 Å². The van der Waals surface area contributed by atoms with Crippen molar-refractivity contribution < 1.29 is 4.42 Å². The number of aryl methyl sites for hydroxylation is 1. The number of anilines is 6. The minimum Gasteiger partial charge on any atom is -0.468 e. The molecule has 0 saturated carbocycles. The van der Waals surface area contributed by atoms with Crippen LogP contribution in [-0.4, -0.2) is 6.71 Å². The van der Waals surface area contributed by atoms with E-state index >= 15 is 0 Å². The molecule has 2 aliphatic carbocycles. The van der Waals surface area contributed by atoms with E-state index in [1.165, 1.54) is 117 Å². The lowest BCUT2D eigenvalue weighted by Crippen LogP contribution is -2.61. The van der Waals surface area contributed by atoms with Crippen LogP contribution in [0.4, 0.5) is 34.1 Å². The van der Waals surface area contributed by atoms with Crippen LogP contribution < -0.4 is 26.4 Å². The lowest BCUT2D eigenvalue weighted by Gasteiger charge is -2.47. The Labute approximate surface area is 523 Å². The van der Waals surface area contributed by atoms with Crippen molar-refractivity contribution in [3.63, 3.8) is 0 Å². The van der Waals surface area contributed by atoms with E-state index in [1.54, 1.807) is 0 Å². The van der Waals surface area contributed by atoms with Gasteiger partial charge in [-0.15, -0.1) is 0 Å². The number of hydrogen-bond donors (Lipinski definition) is 0. The molecule has 0 bridgehead atoms. The largest absolute Gasteiger partial charge is 0.468 e.